The van der Waals surface area contributed by atoms with Gasteiger partial charge in [-0.05, 0) is 13.8 Å². The summed E-state index contributed by atoms with van der Waals surface area (Å²) in [6.07, 6.45) is 0. The van der Waals surface area contributed by atoms with Gasteiger partial charge in [0, 0.05) is 16.6 Å². The van der Waals surface area contributed by atoms with Crippen molar-refractivity contribution in [3.8, 4) is 0 Å². The number of hydrogen-bond acceptors (Lipinski definition) is 7. The fourth-order valence-electron chi connectivity index (χ4n) is 1.52. The first kappa shape index (κ1) is 14.9. The molecule has 0 aromatic carbocycles. The van der Waals surface area contributed by atoms with Gasteiger partial charge in [0.25, 0.3) is 5.56 Å². The summed E-state index contributed by atoms with van der Waals surface area (Å²) in [6.45, 7) is 3.52. The number of rotatable bonds is 5. The van der Waals surface area contributed by atoms with Crippen LogP contribution in [0, 0.1) is 0 Å². The van der Waals surface area contributed by atoms with E-state index < -0.39 is 16.8 Å². The van der Waals surface area contributed by atoms with Crippen molar-refractivity contribution < 1.29 is 9.90 Å². The molecular formula is C11H14N4O3S2. The zero-order valence-corrected chi connectivity index (χ0v) is 12.6. The first-order chi connectivity index (χ1) is 9.31. The number of hydrogen-bond donors (Lipinski definition) is 2. The molecule has 7 nitrogen and oxygen atoms in total. The SMILES string of the molecule is CC(C)(SCc1cc(=O)n2ncsc2n1)[C@H](N)C(=O)O. The lowest BCUT2D eigenvalue weighted by molar-refractivity contribution is -0.139. The number of carboxylic acids is 1. The second kappa shape index (κ2) is 5.51. The number of carbonyl (C=O) groups is 1. The van der Waals surface area contributed by atoms with Crippen molar-refractivity contribution >= 4 is 34.0 Å². The Morgan fingerprint density at radius 2 is 2.35 bits per heavy atom. The minimum atomic E-state index is -1.05. The molecule has 0 aliphatic rings. The molecule has 2 aromatic heterocycles. The third-order valence-electron chi connectivity index (χ3n) is 2.85. The molecule has 9 heteroatoms. The van der Waals surface area contributed by atoms with Gasteiger partial charge in [0.1, 0.15) is 11.6 Å². The van der Waals surface area contributed by atoms with Gasteiger partial charge in [-0.2, -0.15) is 9.61 Å². The van der Waals surface area contributed by atoms with E-state index in [2.05, 4.69) is 10.1 Å². The van der Waals surface area contributed by atoms with Crippen molar-refractivity contribution in [3.63, 3.8) is 0 Å². The van der Waals surface area contributed by atoms with Crippen LogP contribution >= 0.6 is 23.1 Å². The summed E-state index contributed by atoms with van der Waals surface area (Å²) < 4.78 is 0.569. The molecule has 108 valence electrons. The largest absolute Gasteiger partial charge is 0.480 e. The maximum atomic E-state index is 11.8. The van der Waals surface area contributed by atoms with Crippen LogP contribution in [0.15, 0.2) is 16.4 Å². The number of nitrogens with zero attached hydrogens (tertiary/aromatic N) is 3. The van der Waals surface area contributed by atoms with Gasteiger partial charge in [-0.25, -0.2) is 4.98 Å². The molecule has 2 aromatic rings. The summed E-state index contributed by atoms with van der Waals surface area (Å²) >= 11 is 2.63. The number of nitrogens with two attached hydrogens (primary N) is 1. The summed E-state index contributed by atoms with van der Waals surface area (Å²) in [5, 5.41) is 12.8. The van der Waals surface area contributed by atoms with Crippen molar-refractivity contribution in [1.82, 2.24) is 14.6 Å². The first-order valence-corrected chi connectivity index (χ1v) is 7.62. The molecule has 20 heavy (non-hydrogen) atoms. The predicted octanol–water partition coefficient (Wildman–Crippen LogP) is 0.575. The Hall–Kier alpha value is -1.45. The molecule has 0 fully saturated rings. The molecule has 3 N–H and O–H groups in total. The van der Waals surface area contributed by atoms with E-state index >= 15 is 0 Å². The Kier molecular flexibility index (Phi) is 4.11. The monoisotopic (exact) mass is 314 g/mol. The van der Waals surface area contributed by atoms with Crippen molar-refractivity contribution in [1.29, 1.82) is 0 Å². The van der Waals surface area contributed by atoms with Crippen molar-refractivity contribution in [3.05, 3.63) is 27.6 Å². The first-order valence-electron chi connectivity index (χ1n) is 5.76. The van der Waals surface area contributed by atoms with Crippen LogP contribution in [0.25, 0.3) is 4.96 Å². The number of carboxylic acid groups (broad SMARTS) is 1. The van der Waals surface area contributed by atoms with Gasteiger partial charge in [-0.1, -0.05) is 11.3 Å². The van der Waals surface area contributed by atoms with Crippen LogP contribution in [0.4, 0.5) is 0 Å². The smallest absolute Gasteiger partial charge is 0.321 e. The summed E-state index contributed by atoms with van der Waals surface area (Å²) in [5.74, 6) is -0.633. The van der Waals surface area contributed by atoms with Crippen LogP contribution in [-0.4, -0.2) is 36.5 Å². The third-order valence-corrected chi connectivity index (χ3v) is 4.96. The fourth-order valence-corrected chi connectivity index (χ4v) is 3.11. The predicted molar refractivity (Wildman–Crippen MR) is 78.1 cm³/mol. The lowest BCUT2D eigenvalue weighted by Crippen LogP contribution is -2.46. The molecule has 2 rings (SSSR count). The van der Waals surface area contributed by atoms with E-state index in [1.165, 1.54) is 33.7 Å². The van der Waals surface area contributed by atoms with Gasteiger partial charge in [-0.3, -0.25) is 9.59 Å². The summed E-state index contributed by atoms with van der Waals surface area (Å²) in [4.78, 5) is 27.5. The van der Waals surface area contributed by atoms with E-state index in [0.717, 1.165) is 0 Å². The zero-order chi connectivity index (χ0) is 14.9. The lowest BCUT2D eigenvalue weighted by atomic mass is 10.1. The molecule has 0 aliphatic heterocycles. The van der Waals surface area contributed by atoms with Crippen LogP contribution in [0.2, 0.25) is 0 Å². The quantitative estimate of drug-likeness (QED) is 0.830. The topological polar surface area (TPSA) is 111 Å². The van der Waals surface area contributed by atoms with E-state index in [-0.39, 0.29) is 5.56 Å². The molecule has 1 atom stereocenters. The molecule has 0 saturated heterocycles. The Labute approximate surface area is 122 Å². The maximum absolute atomic E-state index is 11.8. The van der Waals surface area contributed by atoms with Crippen LogP contribution in [0.3, 0.4) is 0 Å². The average Bonchev–Trinajstić information content (AvgIpc) is 2.84. The van der Waals surface area contributed by atoms with Crippen molar-refractivity contribution in [2.75, 3.05) is 0 Å². The molecule has 0 radical (unpaired) electrons. The molecule has 2 heterocycles. The molecule has 0 unspecified atom stereocenters. The Morgan fingerprint density at radius 3 is 3.00 bits per heavy atom. The van der Waals surface area contributed by atoms with Crippen LogP contribution < -0.4 is 11.3 Å². The molecule has 0 aliphatic carbocycles. The second-order valence-electron chi connectivity index (χ2n) is 4.73. The Balaban J connectivity index is 2.17. The zero-order valence-electron chi connectivity index (χ0n) is 10.9. The summed E-state index contributed by atoms with van der Waals surface area (Å²) in [7, 11) is 0. The van der Waals surface area contributed by atoms with Crippen LogP contribution in [0.5, 0.6) is 0 Å². The Morgan fingerprint density at radius 1 is 1.65 bits per heavy atom. The number of fused-ring (bicyclic) bond motifs is 1. The van der Waals surface area contributed by atoms with E-state index in [9.17, 15) is 9.59 Å². The standard InChI is InChI=1S/C11H14N4O3S2/c1-11(2,8(12)9(17)18)20-4-6-3-7(16)15-10(14-6)19-5-13-15/h3,5,8H,4,12H2,1-2H3,(H,17,18)/t8-/m1/s1. The molecular weight excluding hydrogens is 300 g/mol. The minimum Gasteiger partial charge on any atom is -0.480 e. The number of thioether (sulfide) groups is 1. The lowest BCUT2D eigenvalue weighted by Gasteiger charge is -2.27. The van der Waals surface area contributed by atoms with Gasteiger partial charge < -0.3 is 10.8 Å². The highest BCUT2D eigenvalue weighted by Crippen LogP contribution is 2.30. The van der Waals surface area contributed by atoms with Crippen molar-refractivity contribution in [2.24, 2.45) is 5.73 Å². The third kappa shape index (κ3) is 3.00. The highest BCUT2D eigenvalue weighted by Gasteiger charge is 2.32. The molecule has 0 spiro atoms. The van der Waals surface area contributed by atoms with E-state index in [1.807, 2.05) is 0 Å². The minimum absolute atomic E-state index is 0.243. The summed E-state index contributed by atoms with van der Waals surface area (Å²) in [5.41, 5.74) is 7.54. The molecule has 0 saturated carbocycles. The van der Waals surface area contributed by atoms with Gasteiger partial charge >= 0.3 is 5.97 Å². The number of aliphatic carboxylic acids is 1. The van der Waals surface area contributed by atoms with E-state index in [4.69, 9.17) is 10.8 Å². The van der Waals surface area contributed by atoms with Crippen LogP contribution in [0.1, 0.15) is 19.5 Å². The molecule has 0 bridgehead atoms. The van der Waals surface area contributed by atoms with Gasteiger partial charge in [0.2, 0.25) is 4.96 Å². The highest BCUT2D eigenvalue weighted by atomic mass is 32.2. The second-order valence-corrected chi connectivity index (χ2v) is 7.17. The van der Waals surface area contributed by atoms with E-state index in [0.29, 0.717) is 16.4 Å². The molecule has 0 amide bonds. The van der Waals surface area contributed by atoms with Gasteiger partial charge in [0.15, 0.2) is 0 Å². The van der Waals surface area contributed by atoms with Gasteiger partial charge in [-0.15, -0.1) is 11.8 Å². The Bertz CT molecular complexity index is 694. The normalized spacial score (nSPS) is 13.6. The van der Waals surface area contributed by atoms with Crippen molar-refractivity contribution in [2.45, 2.75) is 30.4 Å². The highest BCUT2D eigenvalue weighted by molar-refractivity contribution is 7.99. The average molecular weight is 314 g/mol. The van der Waals surface area contributed by atoms with Gasteiger partial charge in [0.05, 0.1) is 5.69 Å². The van der Waals surface area contributed by atoms with Crippen LogP contribution in [-0.2, 0) is 10.5 Å². The van der Waals surface area contributed by atoms with E-state index in [1.54, 1.807) is 19.4 Å². The maximum Gasteiger partial charge on any atom is 0.321 e. The summed E-state index contributed by atoms with van der Waals surface area (Å²) in [6, 6.07) is 0.419. The number of aromatic nitrogens is 3. The fraction of sp³-hybridized carbons (Fsp3) is 0.455.